The Morgan fingerprint density at radius 1 is 0.867 bits per heavy atom. The lowest BCUT2D eigenvalue weighted by Gasteiger charge is -2.42. The van der Waals surface area contributed by atoms with Crippen LogP contribution in [0.5, 0.6) is 0 Å². The molecule has 2 unspecified atom stereocenters. The zero-order chi connectivity index (χ0) is 22.3. The van der Waals surface area contributed by atoms with Gasteiger partial charge in [0.25, 0.3) is 0 Å². The summed E-state index contributed by atoms with van der Waals surface area (Å²) < 4.78 is 29.3. The first-order valence-electron chi connectivity index (χ1n) is 12.1. The zero-order valence-electron chi connectivity index (χ0n) is 20.8. The van der Waals surface area contributed by atoms with Gasteiger partial charge in [-0.3, -0.25) is 9.13 Å². The highest BCUT2D eigenvalue weighted by atomic mass is 28.4. The second-order valence-electron chi connectivity index (χ2n) is 9.99. The van der Waals surface area contributed by atoms with E-state index in [1.165, 1.54) is 38.5 Å². The van der Waals surface area contributed by atoms with E-state index >= 15 is 0 Å². The number of rotatable bonds is 13. The van der Waals surface area contributed by atoms with Crippen LogP contribution in [0.15, 0.2) is 0 Å². The Kier molecular flexibility index (Phi) is 10.5. The quantitative estimate of drug-likeness (QED) is 0.295. The fraction of sp³-hybridized carbons (Fsp3) is 1.00. The molecule has 2 aliphatic heterocycles. The van der Waals surface area contributed by atoms with E-state index in [-0.39, 0.29) is 5.54 Å². The van der Waals surface area contributed by atoms with Crippen molar-refractivity contribution in [2.75, 3.05) is 47.6 Å². The van der Waals surface area contributed by atoms with Gasteiger partial charge in [0.05, 0.1) is 0 Å². The number of unbranched alkanes of at least 4 members (excludes halogenated alkanes) is 2. The molecule has 2 saturated heterocycles. The van der Waals surface area contributed by atoms with Crippen LogP contribution < -0.4 is 0 Å². The molecule has 0 aliphatic carbocycles. The molecule has 178 valence electrons. The van der Waals surface area contributed by atoms with E-state index in [0.717, 1.165) is 50.7 Å². The summed E-state index contributed by atoms with van der Waals surface area (Å²) in [6.45, 7) is 13.3. The highest BCUT2D eigenvalue weighted by molar-refractivity contribution is 6.65. The van der Waals surface area contributed by atoms with E-state index in [9.17, 15) is 0 Å². The van der Waals surface area contributed by atoms with Gasteiger partial charge in [-0.1, -0.05) is 26.2 Å². The third kappa shape index (κ3) is 6.37. The monoisotopic (exact) mass is 460 g/mol. The molecule has 2 atom stereocenters. The molecule has 2 aliphatic rings. The minimum atomic E-state index is -2.21. The summed E-state index contributed by atoms with van der Waals surface area (Å²) in [5, 5.41) is 0. The Morgan fingerprint density at radius 2 is 1.50 bits per heavy atom. The summed E-state index contributed by atoms with van der Waals surface area (Å²) in [5.74, 6) is 0.729. The topological polar surface area (TPSA) is 43.4 Å². The molecule has 6 nitrogen and oxygen atoms in total. The molecular formula is C22H48N2O4Si2. The van der Waals surface area contributed by atoms with Crippen LogP contribution in [0.1, 0.15) is 72.6 Å². The molecule has 2 heterocycles. The average Bonchev–Trinajstić information content (AvgIpc) is 3.34. The van der Waals surface area contributed by atoms with E-state index in [4.69, 9.17) is 17.7 Å². The molecule has 0 radical (unpaired) electrons. The molecule has 0 spiro atoms. The summed E-state index contributed by atoms with van der Waals surface area (Å²) >= 11 is 0. The van der Waals surface area contributed by atoms with Crippen molar-refractivity contribution in [3.05, 3.63) is 0 Å². The second kappa shape index (κ2) is 11.9. The molecule has 30 heavy (non-hydrogen) atoms. The maximum atomic E-state index is 6.48. The van der Waals surface area contributed by atoms with Gasteiger partial charge in [-0.25, -0.2) is 0 Å². The third-order valence-corrected chi connectivity index (χ3v) is 14.7. The van der Waals surface area contributed by atoms with Crippen LogP contribution in [-0.2, 0) is 17.7 Å². The van der Waals surface area contributed by atoms with Crippen LogP contribution in [-0.4, -0.2) is 79.7 Å². The van der Waals surface area contributed by atoms with Gasteiger partial charge in [0.2, 0.25) is 0 Å². The van der Waals surface area contributed by atoms with Crippen molar-refractivity contribution in [1.29, 1.82) is 0 Å². The van der Waals surface area contributed by atoms with Crippen molar-refractivity contribution in [3.8, 4) is 0 Å². The van der Waals surface area contributed by atoms with Gasteiger partial charge >= 0.3 is 17.4 Å². The number of hydrogen-bond acceptors (Lipinski definition) is 6. The van der Waals surface area contributed by atoms with Crippen LogP contribution in [0, 0.1) is 5.92 Å². The Morgan fingerprint density at radius 3 is 2.10 bits per heavy atom. The van der Waals surface area contributed by atoms with Gasteiger partial charge in [0.1, 0.15) is 0 Å². The van der Waals surface area contributed by atoms with Gasteiger partial charge in [-0.2, -0.15) is 0 Å². The van der Waals surface area contributed by atoms with Crippen molar-refractivity contribution in [2.24, 2.45) is 5.92 Å². The smallest absolute Gasteiger partial charge is 0.386 e. The van der Waals surface area contributed by atoms with Gasteiger partial charge in [-0.15, -0.1) is 0 Å². The first kappa shape index (κ1) is 26.4. The highest BCUT2D eigenvalue weighted by Gasteiger charge is 2.52. The second-order valence-corrected chi connectivity index (χ2v) is 16.5. The number of hydrogen-bond donors (Lipinski definition) is 0. The lowest BCUT2D eigenvalue weighted by molar-refractivity contribution is 0.107. The largest absolute Gasteiger partial charge is 0.427 e. The molecule has 2 rings (SSSR count). The summed E-state index contributed by atoms with van der Waals surface area (Å²) in [4.78, 5) is 0. The van der Waals surface area contributed by atoms with Crippen molar-refractivity contribution >= 4 is 17.4 Å². The van der Waals surface area contributed by atoms with E-state index in [1.54, 1.807) is 0 Å². The molecule has 0 amide bonds. The minimum absolute atomic E-state index is 0.117. The third-order valence-electron chi connectivity index (χ3n) is 7.10. The van der Waals surface area contributed by atoms with E-state index in [0.29, 0.717) is 0 Å². The maximum absolute atomic E-state index is 6.48. The van der Waals surface area contributed by atoms with Crippen LogP contribution in [0.25, 0.3) is 0 Å². The molecule has 8 heteroatoms. The Balaban J connectivity index is 1.71. The van der Waals surface area contributed by atoms with Gasteiger partial charge in [-0.05, 0) is 72.0 Å². The predicted molar refractivity (Wildman–Crippen MR) is 128 cm³/mol. The SMILES string of the molecule is CCC(CCCCCO[Si]1(OC)CCCN1C(C)(C)C)CN1CCC[Si]1(OC)OC. The molecule has 0 aromatic rings. The lowest BCUT2D eigenvalue weighted by Crippen LogP contribution is -2.60. The summed E-state index contributed by atoms with van der Waals surface area (Å²) in [7, 11) is 1.20. The molecule has 0 bridgehead atoms. The fourth-order valence-corrected chi connectivity index (χ4v) is 12.1. The molecular weight excluding hydrogens is 412 g/mol. The van der Waals surface area contributed by atoms with Gasteiger partial charge in [0, 0.05) is 45.6 Å². The van der Waals surface area contributed by atoms with Crippen LogP contribution in [0.3, 0.4) is 0 Å². The molecule has 0 aromatic carbocycles. The number of nitrogens with zero attached hydrogens (tertiary/aromatic N) is 2. The Hall–Kier alpha value is 0.194. The molecule has 2 fully saturated rings. The summed E-state index contributed by atoms with van der Waals surface area (Å²) in [6.07, 6.45) is 8.55. The van der Waals surface area contributed by atoms with E-state index in [2.05, 4.69) is 36.8 Å². The lowest BCUT2D eigenvalue weighted by atomic mass is 9.98. The normalized spacial score (nSPS) is 26.5. The van der Waals surface area contributed by atoms with Crippen molar-refractivity contribution < 1.29 is 17.7 Å². The van der Waals surface area contributed by atoms with Gasteiger partial charge in [0.15, 0.2) is 0 Å². The van der Waals surface area contributed by atoms with E-state index < -0.39 is 17.4 Å². The summed E-state index contributed by atoms with van der Waals surface area (Å²) in [6, 6.07) is 2.20. The maximum Gasteiger partial charge on any atom is 0.427 e. The Labute approximate surface area is 188 Å². The minimum Gasteiger partial charge on any atom is -0.386 e. The first-order valence-corrected chi connectivity index (χ1v) is 16.0. The van der Waals surface area contributed by atoms with Crippen molar-refractivity contribution in [3.63, 3.8) is 0 Å². The zero-order valence-corrected chi connectivity index (χ0v) is 22.8. The predicted octanol–water partition coefficient (Wildman–Crippen LogP) is 4.62. The van der Waals surface area contributed by atoms with Crippen LogP contribution in [0.2, 0.25) is 12.1 Å². The molecule has 0 aromatic heterocycles. The fourth-order valence-electron chi connectivity index (χ4n) is 5.31. The Bertz CT molecular complexity index is 502. The van der Waals surface area contributed by atoms with Crippen molar-refractivity contribution in [1.82, 2.24) is 9.13 Å². The van der Waals surface area contributed by atoms with Crippen LogP contribution in [0.4, 0.5) is 0 Å². The standard InChI is InChI=1S/C22H48N2O4Si2/c1-8-21(20-23-15-12-18-29(23,25-5)26-6)14-10-9-11-17-28-30(27-7)19-13-16-24(30)22(2,3)4/h21H,8-20H2,1-7H3. The van der Waals surface area contributed by atoms with Crippen LogP contribution >= 0.6 is 0 Å². The highest BCUT2D eigenvalue weighted by Crippen LogP contribution is 2.34. The summed E-state index contributed by atoms with van der Waals surface area (Å²) in [5.41, 5.74) is 0.117. The van der Waals surface area contributed by atoms with Crippen molar-refractivity contribution in [2.45, 2.75) is 90.3 Å². The average molecular weight is 461 g/mol. The molecule has 0 N–H and O–H groups in total. The molecule has 0 saturated carbocycles. The first-order chi connectivity index (χ1) is 14.3. The van der Waals surface area contributed by atoms with E-state index in [1.807, 2.05) is 21.3 Å². The van der Waals surface area contributed by atoms with Gasteiger partial charge < -0.3 is 17.7 Å².